The number of fused-ring (bicyclic) bond motifs is 1. The van der Waals surface area contributed by atoms with Crippen LogP contribution in [0.25, 0.3) is 11.2 Å². The molecule has 36 heavy (non-hydrogen) atoms. The molecule has 1 atom stereocenters. The van der Waals surface area contributed by atoms with E-state index in [4.69, 9.17) is 0 Å². The molecule has 2 aromatic heterocycles. The number of urea groups is 1. The van der Waals surface area contributed by atoms with Crippen LogP contribution in [0.15, 0.2) is 41.3 Å². The van der Waals surface area contributed by atoms with Gasteiger partial charge in [-0.2, -0.15) is 0 Å². The van der Waals surface area contributed by atoms with E-state index < -0.39 is 17.7 Å². The van der Waals surface area contributed by atoms with E-state index in [1.165, 1.54) is 12.1 Å². The number of carbonyl (C=O) groups is 2. The second-order valence-electron chi connectivity index (χ2n) is 9.13. The third kappa shape index (κ3) is 4.81. The number of aromatic amines is 1. The number of amides is 3. The third-order valence-corrected chi connectivity index (χ3v) is 6.81. The van der Waals surface area contributed by atoms with Gasteiger partial charge in [0.25, 0.3) is 0 Å². The lowest BCUT2D eigenvalue weighted by Gasteiger charge is -2.33. The van der Waals surface area contributed by atoms with Gasteiger partial charge in [0.1, 0.15) is 6.04 Å². The monoisotopic (exact) mass is 499 g/mol. The Bertz CT molecular complexity index is 1330. The molecule has 3 N–H and O–H groups in total. The number of likely N-dealkylation sites (tertiary alicyclic amines) is 1. The first-order valence-corrected chi connectivity index (χ1v) is 11.9. The van der Waals surface area contributed by atoms with Crippen molar-refractivity contribution in [3.05, 3.63) is 64.2 Å². The number of imidazole rings is 1. The number of halogens is 2. The van der Waals surface area contributed by atoms with Crippen molar-refractivity contribution in [2.45, 2.75) is 31.5 Å². The maximum Gasteiger partial charge on any atom is 0.327 e. The number of rotatable bonds is 4. The summed E-state index contributed by atoms with van der Waals surface area (Å²) in [5.41, 5.74) is 1.23. The fraction of sp³-hybridized carbons (Fsp3) is 0.417. The van der Waals surface area contributed by atoms with Gasteiger partial charge in [-0.05, 0) is 31.0 Å². The molecule has 0 radical (unpaired) electrons. The standard InChI is InChI=1S/C24H27F2N7O3/c25-17-4-1-3-15(20(17)26)13-31-12-9-28-22(34)18(14-31)29-23(35)32-10-6-16(7-11-32)33-19-5-2-8-27-21(19)30-24(33)36/h1-5,8,16,18H,6-7,9-14H2,(H,28,34)(H,29,35)(H,27,30,36). The molecular weight excluding hydrogens is 472 g/mol. The lowest BCUT2D eigenvalue weighted by molar-refractivity contribution is -0.122. The summed E-state index contributed by atoms with van der Waals surface area (Å²) in [7, 11) is 0. The number of nitrogens with zero attached hydrogens (tertiary/aromatic N) is 4. The molecule has 2 fully saturated rings. The largest absolute Gasteiger partial charge is 0.353 e. The van der Waals surface area contributed by atoms with E-state index in [0.29, 0.717) is 44.7 Å². The van der Waals surface area contributed by atoms with Crippen molar-refractivity contribution in [1.29, 1.82) is 0 Å². The SMILES string of the molecule is O=C1NCCN(Cc2cccc(F)c2F)CC1NC(=O)N1CCC(n2c(=O)[nH]c3ncccc32)CC1. The van der Waals surface area contributed by atoms with Gasteiger partial charge in [-0.15, -0.1) is 0 Å². The number of benzene rings is 1. The third-order valence-electron chi connectivity index (χ3n) is 6.81. The minimum atomic E-state index is -0.920. The molecule has 190 valence electrons. The molecular formula is C24H27F2N7O3. The van der Waals surface area contributed by atoms with Gasteiger partial charge >= 0.3 is 11.7 Å². The number of nitrogens with one attached hydrogen (secondary N) is 3. The maximum atomic E-state index is 14.1. The van der Waals surface area contributed by atoms with E-state index in [-0.39, 0.29) is 42.3 Å². The summed E-state index contributed by atoms with van der Waals surface area (Å²) < 4.78 is 29.4. The van der Waals surface area contributed by atoms with Crippen LogP contribution in [0.2, 0.25) is 0 Å². The quantitative estimate of drug-likeness (QED) is 0.501. The normalized spacial score (nSPS) is 19.8. The molecule has 0 aliphatic carbocycles. The first kappa shape index (κ1) is 23.9. The average molecular weight is 500 g/mol. The molecule has 2 saturated heterocycles. The zero-order valence-electron chi connectivity index (χ0n) is 19.5. The Balaban J connectivity index is 1.21. The first-order chi connectivity index (χ1) is 17.4. The lowest BCUT2D eigenvalue weighted by Crippen LogP contribution is -2.54. The summed E-state index contributed by atoms with van der Waals surface area (Å²) in [4.78, 5) is 48.4. The molecule has 4 heterocycles. The van der Waals surface area contributed by atoms with Gasteiger partial charge in [0, 0.05) is 57.1 Å². The highest BCUT2D eigenvalue weighted by atomic mass is 19.2. The molecule has 1 unspecified atom stereocenters. The first-order valence-electron chi connectivity index (χ1n) is 11.9. The number of piperidine rings is 1. The van der Waals surface area contributed by atoms with E-state index in [0.717, 1.165) is 11.6 Å². The molecule has 2 aliphatic heterocycles. The number of pyridine rings is 1. The molecule has 3 amide bonds. The van der Waals surface area contributed by atoms with Crippen molar-refractivity contribution in [3.63, 3.8) is 0 Å². The summed E-state index contributed by atoms with van der Waals surface area (Å²) in [6.07, 6.45) is 2.78. The lowest BCUT2D eigenvalue weighted by atomic mass is 10.0. The van der Waals surface area contributed by atoms with Crippen molar-refractivity contribution in [2.75, 3.05) is 32.7 Å². The molecule has 2 aliphatic rings. The van der Waals surface area contributed by atoms with Crippen molar-refractivity contribution in [1.82, 2.24) is 35.0 Å². The number of aromatic nitrogens is 3. The zero-order chi connectivity index (χ0) is 25.2. The predicted molar refractivity (Wildman–Crippen MR) is 127 cm³/mol. The molecule has 1 aromatic carbocycles. The summed E-state index contributed by atoms with van der Waals surface area (Å²) >= 11 is 0. The molecule has 3 aromatic rings. The van der Waals surface area contributed by atoms with Crippen LogP contribution in [-0.2, 0) is 11.3 Å². The van der Waals surface area contributed by atoms with Crippen molar-refractivity contribution >= 4 is 23.1 Å². The van der Waals surface area contributed by atoms with Crippen LogP contribution in [-0.4, -0.2) is 75.0 Å². The number of hydrogen-bond acceptors (Lipinski definition) is 5. The minimum Gasteiger partial charge on any atom is -0.353 e. The van der Waals surface area contributed by atoms with Crippen LogP contribution >= 0.6 is 0 Å². The predicted octanol–water partition coefficient (Wildman–Crippen LogP) is 1.35. The average Bonchev–Trinajstić information content (AvgIpc) is 3.11. The summed E-state index contributed by atoms with van der Waals surface area (Å²) in [6, 6.07) is 6.34. The Morgan fingerprint density at radius 3 is 2.72 bits per heavy atom. The van der Waals surface area contributed by atoms with E-state index in [1.807, 2.05) is 11.0 Å². The molecule has 0 saturated carbocycles. The molecule has 0 bridgehead atoms. The van der Waals surface area contributed by atoms with Gasteiger partial charge in [-0.3, -0.25) is 19.2 Å². The summed E-state index contributed by atoms with van der Waals surface area (Å²) in [5.74, 6) is -2.15. The Hall–Kier alpha value is -3.80. The highest BCUT2D eigenvalue weighted by molar-refractivity contribution is 5.87. The summed E-state index contributed by atoms with van der Waals surface area (Å²) in [5, 5.41) is 5.56. The molecule has 0 spiro atoms. The van der Waals surface area contributed by atoms with Crippen molar-refractivity contribution in [2.24, 2.45) is 0 Å². The van der Waals surface area contributed by atoms with Crippen LogP contribution in [0.3, 0.4) is 0 Å². The second-order valence-corrected chi connectivity index (χ2v) is 9.13. The van der Waals surface area contributed by atoms with E-state index in [9.17, 15) is 23.2 Å². The van der Waals surface area contributed by atoms with E-state index >= 15 is 0 Å². The van der Waals surface area contributed by atoms with Gasteiger partial charge in [0.2, 0.25) is 5.91 Å². The zero-order valence-corrected chi connectivity index (χ0v) is 19.5. The highest BCUT2D eigenvalue weighted by Crippen LogP contribution is 2.24. The maximum absolute atomic E-state index is 14.1. The van der Waals surface area contributed by atoms with Gasteiger partial charge in [0.15, 0.2) is 17.3 Å². The van der Waals surface area contributed by atoms with Gasteiger partial charge in [0.05, 0.1) is 5.52 Å². The van der Waals surface area contributed by atoms with Crippen LogP contribution in [0, 0.1) is 11.6 Å². The Morgan fingerprint density at radius 1 is 1.11 bits per heavy atom. The van der Waals surface area contributed by atoms with Crippen LogP contribution in [0.1, 0.15) is 24.4 Å². The van der Waals surface area contributed by atoms with Gasteiger partial charge < -0.3 is 15.5 Å². The van der Waals surface area contributed by atoms with E-state index in [1.54, 1.807) is 21.7 Å². The van der Waals surface area contributed by atoms with E-state index in [2.05, 4.69) is 20.6 Å². The van der Waals surface area contributed by atoms with Crippen LogP contribution < -0.4 is 16.3 Å². The smallest absolute Gasteiger partial charge is 0.327 e. The summed E-state index contributed by atoms with van der Waals surface area (Å²) in [6.45, 7) is 1.90. The van der Waals surface area contributed by atoms with Crippen molar-refractivity contribution in [3.8, 4) is 0 Å². The Labute approximate surface area is 205 Å². The fourth-order valence-electron chi connectivity index (χ4n) is 4.95. The molecule has 5 rings (SSSR count). The van der Waals surface area contributed by atoms with Crippen LogP contribution in [0.5, 0.6) is 0 Å². The van der Waals surface area contributed by atoms with Gasteiger partial charge in [-0.25, -0.2) is 23.4 Å². The minimum absolute atomic E-state index is 0.0719. The number of H-pyrrole nitrogens is 1. The highest BCUT2D eigenvalue weighted by Gasteiger charge is 2.31. The Kier molecular flexibility index (Phi) is 6.68. The Morgan fingerprint density at radius 2 is 1.92 bits per heavy atom. The molecule has 12 heteroatoms. The fourth-order valence-corrected chi connectivity index (χ4v) is 4.95. The molecule has 10 nitrogen and oxygen atoms in total. The van der Waals surface area contributed by atoms with Crippen molar-refractivity contribution < 1.29 is 18.4 Å². The topological polar surface area (TPSA) is 115 Å². The van der Waals surface area contributed by atoms with Gasteiger partial charge in [-0.1, -0.05) is 12.1 Å². The second kappa shape index (κ2) is 10.1. The van der Waals surface area contributed by atoms with Crippen LogP contribution in [0.4, 0.5) is 13.6 Å². The number of hydrogen-bond donors (Lipinski definition) is 3. The number of carbonyl (C=O) groups excluding carboxylic acids is 2.